The third-order valence-electron chi connectivity index (χ3n) is 6.40. The van der Waals surface area contributed by atoms with E-state index < -0.39 is 17.7 Å². The maximum Gasteiger partial charge on any atom is 0.295 e. The minimum Gasteiger partial charge on any atom is -0.508 e. The molecule has 0 radical (unpaired) electrons. The number of benzene rings is 2. The van der Waals surface area contributed by atoms with E-state index in [1.807, 2.05) is 19.9 Å². The zero-order chi connectivity index (χ0) is 22.3. The van der Waals surface area contributed by atoms with Crippen LogP contribution in [0.1, 0.15) is 54.0 Å². The van der Waals surface area contributed by atoms with E-state index in [4.69, 9.17) is 4.74 Å². The highest BCUT2D eigenvalue weighted by molar-refractivity contribution is 6.46. The molecule has 1 heterocycles. The number of amides is 1. The van der Waals surface area contributed by atoms with Crippen LogP contribution in [-0.4, -0.2) is 40.0 Å². The SMILES string of the molecule is COc1cc(C)c(/C(O)=C2\C(=O)C(=O)N(C3CCCC3)C2c2ccc(O)cc2)cc1C. The van der Waals surface area contributed by atoms with Crippen LogP contribution < -0.4 is 4.74 Å². The molecule has 1 aliphatic carbocycles. The highest BCUT2D eigenvalue weighted by Crippen LogP contribution is 2.44. The highest BCUT2D eigenvalue weighted by Gasteiger charge is 2.49. The first-order chi connectivity index (χ1) is 14.8. The van der Waals surface area contributed by atoms with Crippen molar-refractivity contribution in [2.75, 3.05) is 7.11 Å². The second-order valence-corrected chi connectivity index (χ2v) is 8.37. The van der Waals surface area contributed by atoms with Gasteiger partial charge < -0.3 is 19.8 Å². The number of Topliss-reactive ketones (excluding diaryl/α,β-unsaturated/α-hetero) is 1. The van der Waals surface area contributed by atoms with Crippen LogP contribution in [0.4, 0.5) is 0 Å². The maximum absolute atomic E-state index is 13.2. The predicted molar refractivity (Wildman–Crippen MR) is 117 cm³/mol. The molecule has 2 aromatic rings. The number of aliphatic hydroxyl groups is 1. The molecular formula is C25H27NO5. The lowest BCUT2D eigenvalue weighted by molar-refractivity contribution is -0.141. The highest BCUT2D eigenvalue weighted by atomic mass is 16.5. The van der Waals surface area contributed by atoms with Gasteiger partial charge in [-0.2, -0.15) is 0 Å². The fourth-order valence-electron chi connectivity index (χ4n) is 4.80. The second-order valence-electron chi connectivity index (χ2n) is 8.37. The minimum atomic E-state index is -0.689. The summed E-state index contributed by atoms with van der Waals surface area (Å²) in [6.45, 7) is 3.70. The number of aliphatic hydroxyl groups excluding tert-OH is 1. The first-order valence-electron chi connectivity index (χ1n) is 10.6. The molecule has 2 aromatic carbocycles. The summed E-state index contributed by atoms with van der Waals surface area (Å²) < 4.78 is 5.36. The Hall–Kier alpha value is -3.28. The standard InChI is InChI=1S/C25H27NO5/c1-14-13-20(31-3)15(2)12-19(14)23(28)21-22(16-8-10-18(27)11-9-16)26(25(30)24(21)29)17-6-4-5-7-17/h8-13,17,22,27-28H,4-7H2,1-3H3/b23-21+. The molecule has 1 amide bonds. The second kappa shape index (κ2) is 8.10. The molecule has 0 bridgehead atoms. The van der Waals surface area contributed by atoms with E-state index in [0.29, 0.717) is 16.9 Å². The van der Waals surface area contributed by atoms with Crippen molar-refractivity contribution in [3.05, 3.63) is 64.2 Å². The van der Waals surface area contributed by atoms with Crippen molar-refractivity contribution in [1.82, 2.24) is 4.90 Å². The smallest absolute Gasteiger partial charge is 0.295 e. The molecule has 0 spiro atoms. The van der Waals surface area contributed by atoms with Gasteiger partial charge >= 0.3 is 0 Å². The van der Waals surface area contributed by atoms with Gasteiger partial charge in [-0.3, -0.25) is 9.59 Å². The molecule has 2 aliphatic rings. The Bertz CT molecular complexity index is 1060. The summed E-state index contributed by atoms with van der Waals surface area (Å²) in [7, 11) is 1.58. The first-order valence-corrected chi connectivity index (χ1v) is 10.6. The van der Waals surface area contributed by atoms with Gasteiger partial charge in [-0.15, -0.1) is 0 Å². The lowest BCUT2D eigenvalue weighted by Gasteiger charge is -2.30. The molecule has 1 saturated carbocycles. The number of carbonyl (C=O) groups excluding carboxylic acids is 2. The number of hydrogen-bond acceptors (Lipinski definition) is 5. The fourth-order valence-corrected chi connectivity index (χ4v) is 4.80. The van der Waals surface area contributed by atoms with Crippen LogP contribution in [0.5, 0.6) is 11.5 Å². The Labute approximate surface area is 181 Å². The Kier molecular flexibility index (Phi) is 5.48. The molecule has 1 aliphatic heterocycles. The van der Waals surface area contributed by atoms with E-state index in [-0.39, 0.29) is 23.1 Å². The van der Waals surface area contributed by atoms with Crippen LogP contribution in [-0.2, 0) is 9.59 Å². The zero-order valence-corrected chi connectivity index (χ0v) is 18.0. The number of rotatable bonds is 4. The monoisotopic (exact) mass is 421 g/mol. The number of phenolic OH excluding ortho intramolecular Hbond substituents is 1. The van der Waals surface area contributed by atoms with Crippen LogP contribution >= 0.6 is 0 Å². The molecular weight excluding hydrogens is 394 g/mol. The number of ether oxygens (including phenoxy) is 1. The lowest BCUT2D eigenvalue weighted by Crippen LogP contribution is -2.37. The number of methoxy groups -OCH3 is 1. The summed E-state index contributed by atoms with van der Waals surface area (Å²) in [6, 6.07) is 9.33. The van der Waals surface area contributed by atoms with E-state index in [1.165, 1.54) is 12.1 Å². The van der Waals surface area contributed by atoms with Gasteiger partial charge in [-0.1, -0.05) is 25.0 Å². The van der Waals surface area contributed by atoms with E-state index >= 15 is 0 Å². The van der Waals surface area contributed by atoms with Gasteiger partial charge in [0.15, 0.2) is 0 Å². The quantitative estimate of drug-likeness (QED) is 0.435. The van der Waals surface area contributed by atoms with Crippen molar-refractivity contribution < 1.29 is 24.5 Å². The minimum absolute atomic E-state index is 0.0424. The van der Waals surface area contributed by atoms with Gasteiger partial charge in [0.1, 0.15) is 17.3 Å². The zero-order valence-electron chi connectivity index (χ0n) is 18.0. The van der Waals surface area contributed by atoms with Crippen LogP contribution in [0.25, 0.3) is 5.76 Å². The van der Waals surface area contributed by atoms with Gasteiger partial charge in [0.05, 0.1) is 18.7 Å². The summed E-state index contributed by atoms with van der Waals surface area (Å²) in [5, 5.41) is 21.0. The number of nitrogens with zero attached hydrogens (tertiary/aromatic N) is 1. The number of hydrogen-bond donors (Lipinski definition) is 2. The van der Waals surface area contributed by atoms with Crippen LogP contribution in [0.2, 0.25) is 0 Å². The molecule has 6 heteroatoms. The Morgan fingerprint density at radius 3 is 2.29 bits per heavy atom. The third kappa shape index (κ3) is 3.56. The molecule has 4 rings (SSSR count). The molecule has 1 atom stereocenters. The van der Waals surface area contributed by atoms with E-state index in [9.17, 15) is 19.8 Å². The third-order valence-corrected chi connectivity index (χ3v) is 6.40. The van der Waals surface area contributed by atoms with Gasteiger partial charge in [-0.05, 0) is 67.6 Å². The maximum atomic E-state index is 13.2. The number of carbonyl (C=O) groups is 2. The molecule has 162 valence electrons. The van der Waals surface area contributed by atoms with Gasteiger partial charge in [-0.25, -0.2) is 0 Å². The van der Waals surface area contributed by atoms with Crippen LogP contribution in [0, 0.1) is 13.8 Å². The summed E-state index contributed by atoms with van der Waals surface area (Å²) in [5.74, 6) is -0.635. The topological polar surface area (TPSA) is 87.1 Å². The normalized spacial score (nSPS) is 21.1. The lowest BCUT2D eigenvalue weighted by atomic mass is 9.92. The number of aryl methyl sites for hydroxylation is 2. The van der Waals surface area contributed by atoms with Crippen molar-refractivity contribution in [2.45, 2.75) is 51.6 Å². The largest absolute Gasteiger partial charge is 0.508 e. The average molecular weight is 421 g/mol. The Morgan fingerprint density at radius 1 is 1.03 bits per heavy atom. The van der Waals surface area contributed by atoms with Gasteiger partial charge in [0.2, 0.25) is 0 Å². The molecule has 6 nitrogen and oxygen atoms in total. The number of phenols is 1. The summed E-state index contributed by atoms with van der Waals surface area (Å²) in [6.07, 6.45) is 3.68. The molecule has 31 heavy (non-hydrogen) atoms. The molecule has 2 N–H and O–H groups in total. The van der Waals surface area contributed by atoms with Crippen LogP contribution in [0.15, 0.2) is 42.0 Å². The van der Waals surface area contributed by atoms with Crippen molar-refractivity contribution in [3.8, 4) is 11.5 Å². The fraction of sp³-hybridized carbons (Fsp3) is 0.360. The summed E-state index contributed by atoms with van der Waals surface area (Å²) in [4.78, 5) is 27.9. The van der Waals surface area contributed by atoms with E-state index in [0.717, 1.165) is 36.8 Å². The Balaban J connectivity index is 1.91. The Morgan fingerprint density at radius 2 is 1.68 bits per heavy atom. The molecule has 1 unspecified atom stereocenters. The number of likely N-dealkylation sites (tertiary alicyclic amines) is 1. The average Bonchev–Trinajstić information content (AvgIpc) is 3.36. The van der Waals surface area contributed by atoms with Crippen molar-refractivity contribution >= 4 is 17.4 Å². The predicted octanol–water partition coefficient (Wildman–Crippen LogP) is 4.38. The van der Waals surface area contributed by atoms with Gasteiger partial charge in [0.25, 0.3) is 11.7 Å². The number of aromatic hydroxyl groups is 1. The van der Waals surface area contributed by atoms with Gasteiger partial charge in [0, 0.05) is 11.6 Å². The van der Waals surface area contributed by atoms with Crippen molar-refractivity contribution in [1.29, 1.82) is 0 Å². The van der Waals surface area contributed by atoms with Crippen LogP contribution in [0.3, 0.4) is 0 Å². The van der Waals surface area contributed by atoms with E-state index in [1.54, 1.807) is 30.2 Å². The van der Waals surface area contributed by atoms with E-state index in [2.05, 4.69) is 0 Å². The summed E-state index contributed by atoms with van der Waals surface area (Å²) >= 11 is 0. The number of ketones is 1. The first kappa shape index (κ1) is 21.0. The molecule has 0 aromatic heterocycles. The molecule has 2 fully saturated rings. The molecule has 1 saturated heterocycles. The van der Waals surface area contributed by atoms with Crippen molar-refractivity contribution in [3.63, 3.8) is 0 Å². The van der Waals surface area contributed by atoms with Crippen molar-refractivity contribution in [2.24, 2.45) is 0 Å². The summed E-state index contributed by atoms with van der Waals surface area (Å²) in [5.41, 5.74) is 2.85.